The van der Waals surface area contributed by atoms with Gasteiger partial charge in [-0.25, -0.2) is 23.7 Å². The van der Waals surface area contributed by atoms with Crippen LogP contribution in [0.1, 0.15) is 31.8 Å². The molecule has 0 radical (unpaired) electrons. The van der Waals surface area contributed by atoms with Crippen molar-refractivity contribution in [3.63, 3.8) is 0 Å². The molecule has 44 heavy (non-hydrogen) atoms. The Labute approximate surface area is 254 Å². The molecule has 0 atom stereocenters. The van der Waals surface area contributed by atoms with Gasteiger partial charge in [-0.05, 0) is 53.6 Å². The molecule has 0 aliphatic rings. The maximum Gasteiger partial charge on any atom is 0.266 e. The molecular weight excluding hydrogens is 592 g/mol. The molecule has 0 fully saturated rings. The van der Waals surface area contributed by atoms with Gasteiger partial charge in [0.2, 0.25) is 5.95 Å². The Bertz CT molecular complexity index is 1980. The average Bonchev–Trinajstić information content (AvgIpc) is 3.01. The number of rotatable bonds is 9. The van der Waals surface area contributed by atoms with Crippen molar-refractivity contribution >= 4 is 52.0 Å². The second-order valence-corrected chi connectivity index (χ2v) is 9.92. The fourth-order valence-corrected chi connectivity index (χ4v) is 4.52. The summed E-state index contributed by atoms with van der Waals surface area (Å²) in [6.45, 7) is 0.0584. The van der Waals surface area contributed by atoms with Gasteiger partial charge < -0.3 is 16.0 Å². The monoisotopic (exact) mass is 615 g/mol. The number of nitrogens with one attached hydrogen (secondary N) is 3. The van der Waals surface area contributed by atoms with E-state index < -0.39 is 23.1 Å². The van der Waals surface area contributed by atoms with E-state index in [1.807, 2.05) is 18.2 Å². The van der Waals surface area contributed by atoms with Crippen molar-refractivity contribution in [1.82, 2.24) is 30.2 Å². The van der Waals surface area contributed by atoms with Crippen molar-refractivity contribution in [2.75, 3.05) is 18.9 Å². The van der Waals surface area contributed by atoms with E-state index >= 15 is 0 Å². The molecular formula is C31H24ClF2N7O3. The minimum Gasteiger partial charge on any atom is -0.355 e. The highest BCUT2D eigenvalue weighted by Crippen LogP contribution is 2.24. The molecule has 10 nitrogen and oxygen atoms in total. The van der Waals surface area contributed by atoms with Gasteiger partial charge in [0.25, 0.3) is 17.4 Å². The maximum atomic E-state index is 13.5. The Morgan fingerprint density at radius 3 is 2.59 bits per heavy atom. The topological polar surface area (TPSA) is 131 Å². The normalized spacial score (nSPS) is 11.1. The molecule has 0 aliphatic carbocycles. The minimum atomic E-state index is -1.03. The molecule has 0 spiro atoms. The van der Waals surface area contributed by atoms with Gasteiger partial charge in [-0.3, -0.25) is 19.0 Å². The lowest BCUT2D eigenvalue weighted by Crippen LogP contribution is -2.33. The van der Waals surface area contributed by atoms with Crippen LogP contribution in [0.3, 0.4) is 0 Å². The number of nitrogens with zero attached hydrogens (tertiary/aromatic N) is 4. The molecule has 2 heterocycles. The first kappa shape index (κ1) is 30.0. The Kier molecular flexibility index (Phi) is 9.01. The molecule has 3 N–H and O–H groups in total. The third kappa shape index (κ3) is 6.93. The van der Waals surface area contributed by atoms with Gasteiger partial charge in [-0.2, -0.15) is 0 Å². The summed E-state index contributed by atoms with van der Waals surface area (Å²) in [4.78, 5) is 50.1. The summed E-state index contributed by atoms with van der Waals surface area (Å²) in [5, 5.41) is 9.33. The summed E-state index contributed by atoms with van der Waals surface area (Å²) in [5.41, 5.74) is 2.06. The SMILES string of the molecule is CNC(=O)c1ccc(Nc2ncc3cc(C=CCNC(=O)c4cncn(Cc5ccc(F)c(F)c5)c4=O)ccc3n2)cc1Cl. The molecule has 222 valence electrons. The Hall–Kier alpha value is -5.49. The number of hydrogen-bond donors (Lipinski definition) is 3. The second kappa shape index (κ2) is 13.2. The van der Waals surface area contributed by atoms with Gasteiger partial charge in [-0.1, -0.05) is 35.9 Å². The first-order valence-electron chi connectivity index (χ1n) is 13.2. The Morgan fingerprint density at radius 1 is 0.977 bits per heavy atom. The molecule has 2 aromatic heterocycles. The molecule has 0 aliphatic heterocycles. The van der Waals surface area contributed by atoms with Crippen molar-refractivity contribution in [2.45, 2.75) is 6.54 Å². The summed E-state index contributed by atoms with van der Waals surface area (Å²) in [6, 6.07) is 13.8. The van der Waals surface area contributed by atoms with E-state index in [0.29, 0.717) is 33.3 Å². The number of carbonyl (C=O) groups excluding carboxylic acids is 2. The quantitative estimate of drug-likeness (QED) is 0.219. The van der Waals surface area contributed by atoms with Crippen LogP contribution in [-0.4, -0.2) is 44.9 Å². The molecule has 0 bridgehead atoms. The minimum absolute atomic E-state index is 0.0755. The van der Waals surface area contributed by atoms with E-state index in [-0.39, 0.29) is 24.6 Å². The van der Waals surface area contributed by atoms with Gasteiger partial charge in [0.15, 0.2) is 11.6 Å². The van der Waals surface area contributed by atoms with Crippen LogP contribution >= 0.6 is 11.6 Å². The first-order valence-corrected chi connectivity index (χ1v) is 13.6. The fourth-order valence-electron chi connectivity index (χ4n) is 4.25. The van der Waals surface area contributed by atoms with Crippen molar-refractivity contribution in [3.8, 4) is 0 Å². The zero-order valence-corrected chi connectivity index (χ0v) is 23.9. The number of aromatic nitrogens is 4. The van der Waals surface area contributed by atoms with Crippen LogP contribution in [0.5, 0.6) is 0 Å². The van der Waals surface area contributed by atoms with Crippen LogP contribution in [-0.2, 0) is 6.54 Å². The van der Waals surface area contributed by atoms with Crippen LogP contribution in [0.4, 0.5) is 20.4 Å². The van der Waals surface area contributed by atoms with Gasteiger partial charge in [0.05, 0.1) is 29.0 Å². The maximum absolute atomic E-state index is 13.5. The van der Waals surface area contributed by atoms with Crippen molar-refractivity contribution in [2.24, 2.45) is 0 Å². The highest BCUT2D eigenvalue weighted by atomic mass is 35.5. The lowest BCUT2D eigenvalue weighted by molar-refractivity contribution is 0.0950. The van der Waals surface area contributed by atoms with Gasteiger partial charge in [0, 0.05) is 37.1 Å². The van der Waals surface area contributed by atoms with Crippen LogP contribution < -0.4 is 21.5 Å². The van der Waals surface area contributed by atoms with Crippen molar-refractivity contribution < 1.29 is 18.4 Å². The molecule has 3 aromatic carbocycles. The number of anilines is 2. The van der Waals surface area contributed by atoms with Gasteiger partial charge in [-0.15, -0.1) is 0 Å². The number of halogens is 3. The summed E-state index contributed by atoms with van der Waals surface area (Å²) in [7, 11) is 1.53. The number of benzene rings is 3. The Morgan fingerprint density at radius 2 is 1.82 bits per heavy atom. The molecule has 0 saturated carbocycles. The average molecular weight is 616 g/mol. The molecule has 2 amide bonds. The highest BCUT2D eigenvalue weighted by molar-refractivity contribution is 6.34. The smallest absolute Gasteiger partial charge is 0.266 e. The zero-order chi connectivity index (χ0) is 31.2. The van der Waals surface area contributed by atoms with E-state index in [9.17, 15) is 23.2 Å². The Balaban J connectivity index is 1.19. The fraction of sp³-hybridized carbons (Fsp3) is 0.0968. The van der Waals surface area contributed by atoms with Crippen molar-refractivity contribution in [1.29, 1.82) is 0 Å². The first-order chi connectivity index (χ1) is 21.2. The summed E-state index contributed by atoms with van der Waals surface area (Å²) in [6.07, 6.45) is 7.57. The van der Waals surface area contributed by atoms with E-state index in [1.165, 1.54) is 19.4 Å². The summed E-state index contributed by atoms with van der Waals surface area (Å²) in [5.74, 6) is -2.57. The number of hydrogen-bond acceptors (Lipinski definition) is 7. The predicted octanol–water partition coefficient (Wildman–Crippen LogP) is 4.71. The molecule has 5 aromatic rings. The van der Waals surface area contributed by atoms with E-state index in [1.54, 1.807) is 36.5 Å². The van der Waals surface area contributed by atoms with Crippen molar-refractivity contribution in [3.05, 3.63) is 129 Å². The number of fused-ring (bicyclic) bond motifs is 1. The second-order valence-electron chi connectivity index (χ2n) is 9.51. The van der Waals surface area contributed by atoms with E-state index in [4.69, 9.17) is 11.6 Å². The van der Waals surface area contributed by atoms with Crippen LogP contribution in [0.25, 0.3) is 17.0 Å². The summed E-state index contributed by atoms with van der Waals surface area (Å²) < 4.78 is 27.9. The van der Waals surface area contributed by atoms with Crippen LogP contribution in [0.2, 0.25) is 5.02 Å². The lowest BCUT2D eigenvalue weighted by atomic mass is 10.1. The third-order valence-electron chi connectivity index (χ3n) is 6.47. The number of amides is 2. The van der Waals surface area contributed by atoms with Crippen LogP contribution in [0, 0.1) is 11.6 Å². The summed E-state index contributed by atoms with van der Waals surface area (Å²) >= 11 is 6.22. The molecule has 5 rings (SSSR count). The van der Waals surface area contributed by atoms with E-state index in [2.05, 4.69) is 30.9 Å². The zero-order valence-electron chi connectivity index (χ0n) is 23.1. The van der Waals surface area contributed by atoms with Gasteiger partial charge >= 0.3 is 0 Å². The largest absolute Gasteiger partial charge is 0.355 e. The predicted molar refractivity (Wildman–Crippen MR) is 163 cm³/mol. The molecule has 13 heteroatoms. The highest BCUT2D eigenvalue weighted by Gasteiger charge is 2.13. The van der Waals surface area contributed by atoms with Crippen LogP contribution in [0.15, 0.2) is 84.2 Å². The third-order valence-corrected chi connectivity index (χ3v) is 6.79. The lowest BCUT2D eigenvalue weighted by Gasteiger charge is -2.09. The molecule has 0 unspecified atom stereocenters. The van der Waals surface area contributed by atoms with Gasteiger partial charge in [0.1, 0.15) is 5.56 Å². The molecule has 0 saturated heterocycles. The number of carbonyl (C=O) groups is 2. The standard InChI is InChI=1S/C31H24ClF2N7O3/c1-35-28(42)22-7-6-21(13-24(22)32)39-31-38-14-20-11-18(5-9-27(20)40-31)3-2-10-37-29(43)23-15-36-17-41(30(23)44)16-19-4-8-25(33)26(34)12-19/h2-9,11-15,17H,10,16H2,1H3,(H,35,42)(H,37,43)(H,38,39,40). The van der Waals surface area contributed by atoms with E-state index in [0.717, 1.165) is 33.8 Å².